The molecule has 1 amide bonds. The molecule has 2 saturated heterocycles. The first-order valence-electron chi connectivity index (χ1n) is 7.68. The SMILES string of the molecule is Cn1nccc1C(=O)NC1CCN([C@@H]2CCS(=O)(=O)C2)CC1. The fourth-order valence-electron chi connectivity index (χ4n) is 3.33. The highest BCUT2D eigenvalue weighted by Crippen LogP contribution is 2.22. The van der Waals surface area contributed by atoms with Gasteiger partial charge in [0.1, 0.15) is 5.69 Å². The molecule has 3 rings (SSSR count). The zero-order valence-corrected chi connectivity index (χ0v) is 13.6. The Morgan fingerprint density at radius 2 is 2.05 bits per heavy atom. The summed E-state index contributed by atoms with van der Waals surface area (Å²) in [6.07, 6.45) is 4.08. The first-order chi connectivity index (χ1) is 10.4. The Bertz CT molecular complexity index is 647. The Hall–Kier alpha value is -1.41. The number of hydrogen-bond donors (Lipinski definition) is 1. The summed E-state index contributed by atoms with van der Waals surface area (Å²) in [5.41, 5.74) is 0.560. The number of nitrogens with zero attached hydrogens (tertiary/aromatic N) is 3. The molecule has 0 aromatic carbocycles. The number of rotatable bonds is 3. The molecule has 0 aliphatic carbocycles. The van der Waals surface area contributed by atoms with Crippen LogP contribution in [0.3, 0.4) is 0 Å². The van der Waals surface area contributed by atoms with E-state index in [1.54, 1.807) is 24.0 Å². The van der Waals surface area contributed by atoms with Gasteiger partial charge < -0.3 is 5.32 Å². The predicted molar refractivity (Wildman–Crippen MR) is 82.3 cm³/mol. The van der Waals surface area contributed by atoms with Crippen molar-refractivity contribution < 1.29 is 13.2 Å². The van der Waals surface area contributed by atoms with Gasteiger partial charge in [0.05, 0.1) is 11.5 Å². The van der Waals surface area contributed by atoms with Crippen LogP contribution in [0.1, 0.15) is 29.8 Å². The van der Waals surface area contributed by atoms with E-state index in [1.807, 2.05) is 0 Å². The highest BCUT2D eigenvalue weighted by atomic mass is 32.2. The first-order valence-corrected chi connectivity index (χ1v) is 9.50. The number of nitrogens with one attached hydrogen (secondary N) is 1. The third kappa shape index (κ3) is 3.33. The molecule has 22 heavy (non-hydrogen) atoms. The molecule has 8 heteroatoms. The van der Waals surface area contributed by atoms with E-state index < -0.39 is 9.84 Å². The number of aromatic nitrogens is 2. The molecule has 2 aliphatic heterocycles. The van der Waals surface area contributed by atoms with Gasteiger partial charge in [0, 0.05) is 38.4 Å². The van der Waals surface area contributed by atoms with Crippen molar-refractivity contribution in [3.8, 4) is 0 Å². The summed E-state index contributed by atoms with van der Waals surface area (Å²) in [5, 5.41) is 7.04. The van der Waals surface area contributed by atoms with Crippen LogP contribution in [0.4, 0.5) is 0 Å². The van der Waals surface area contributed by atoms with Crippen LogP contribution < -0.4 is 5.32 Å². The number of piperidine rings is 1. The Morgan fingerprint density at radius 3 is 2.59 bits per heavy atom. The normalized spacial score (nSPS) is 26.1. The minimum absolute atomic E-state index is 0.0955. The van der Waals surface area contributed by atoms with Crippen LogP contribution in [0.15, 0.2) is 12.3 Å². The second kappa shape index (κ2) is 6.00. The largest absolute Gasteiger partial charge is 0.348 e. The van der Waals surface area contributed by atoms with Crippen LogP contribution in [0.2, 0.25) is 0 Å². The maximum atomic E-state index is 12.2. The molecule has 2 aliphatic rings. The van der Waals surface area contributed by atoms with Crippen LogP contribution >= 0.6 is 0 Å². The minimum atomic E-state index is -2.83. The molecule has 1 aromatic rings. The Balaban J connectivity index is 1.50. The zero-order chi connectivity index (χ0) is 15.7. The van der Waals surface area contributed by atoms with Gasteiger partial charge in [-0.15, -0.1) is 0 Å². The standard InChI is InChI=1S/C14H22N4O3S/c1-17-13(2-6-15-17)14(19)16-11-3-7-18(8-4-11)12-5-9-22(20,21)10-12/h2,6,11-12H,3-5,7-10H2,1H3,(H,16,19)/t12-/m1/s1. The van der Waals surface area contributed by atoms with E-state index >= 15 is 0 Å². The molecule has 1 N–H and O–H groups in total. The number of carbonyl (C=O) groups is 1. The summed E-state index contributed by atoms with van der Waals surface area (Å²) in [7, 11) is -1.08. The van der Waals surface area contributed by atoms with Gasteiger partial charge in [0.15, 0.2) is 9.84 Å². The lowest BCUT2D eigenvalue weighted by Gasteiger charge is -2.35. The lowest BCUT2D eigenvalue weighted by Crippen LogP contribution is -2.48. The second-order valence-corrected chi connectivity index (χ2v) is 8.41. The number of likely N-dealkylation sites (tertiary alicyclic amines) is 1. The molecule has 122 valence electrons. The average Bonchev–Trinajstić information content (AvgIpc) is 3.05. The average molecular weight is 326 g/mol. The summed E-state index contributed by atoms with van der Waals surface area (Å²) in [4.78, 5) is 14.4. The van der Waals surface area contributed by atoms with Gasteiger partial charge in [0.2, 0.25) is 0 Å². The molecule has 0 radical (unpaired) electrons. The van der Waals surface area contributed by atoms with Gasteiger partial charge in [0.25, 0.3) is 5.91 Å². The van der Waals surface area contributed by atoms with E-state index in [-0.39, 0.29) is 18.0 Å². The summed E-state index contributed by atoms with van der Waals surface area (Å²) in [6, 6.07) is 2.02. The van der Waals surface area contributed by atoms with Crippen molar-refractivity contribution in [2.45, 2.75) is 31.3 Å². The third-order valence-electron chi connectivity index (χ3n) is 4.64. The topological polar surface area (TPSA) is 84.3 Å². The van der Waals surface area contributed by atoms with Crippen LogP contribution in [-0.4, -0.2) is 65.7 Å². The summed E-state index contributed by atoms with van der Waals surface area (Å²) >= 11 is 0. The van der Waals surface area contributed by atoms with Gasteiger partial charge in [-0.25, -0.2) is 8.42 Å². The molecular weight excluding hydrogens is 304 g/mol. The summed E-state index contributed by atoms with van der Waals surface area (Å²) in [6.45, 7) is 1.69. The fourth-order valence-corrected chi connectivity index (χ4v) is 5.09. The Morgan fingerprint density at radius 1 is 1.32 bits per heavy atom. The predicted octanol–water partition coefficient (Wildman–Crippen LogP) is -0.199. The van der Waals surface area contributed by atoms with E-state index in [4.69, 9.17) is 0 Å². The highest BCUT2D eigenvalue weighted by molar-refractivity contribution is 7.91. The smallest absolute Gasteiger partial charge is 0.269 e. The number of hydrogen-bond acceptors (Lipinski definition) is 5. The molecular formula is C14H22N4O3S. The van der Waals surface area contributed by atoms with E-state index in [0.29, 0.717) is 17.2 Å². The van der Waals surface area contributed by atoms with Gasteiger partial charge in [-0.1, -0.05) is 0 Å². The van der Waals surface area contributed by atoms with Crippen molar-refractivity contribution in [3.63, 3.8) is 0 Å². The lowest BCUT2D eigenvalue weighted by molar-refractivity contribution is 0.0888. The van der Waals surface area contributed by atoms with Crippen molar-refractivity contribution in [1.82, 2.24) is 20.0 Å². The van der Waals surface area contributed by atoms with Gasteiger partial charge >= 0.3 is 0 Å². The van der Waals surface area contributed by atoms with Crippen LogP contribution in [-0.2, 0) is 16.9 Å². The fraction of sp³-hybridized carbons (Fsp3) is 0.714. The molecule has 0 saturated carbocycles. The maximum Gasteiger partial charge on any atom is 0.269 e. The van der Waals surface area contributed by atoms with E-state index in [2.05, 4.69) is 15.3 Å². The van der Waals surface area contributed by atoms with Crippen LogP contribution in [0.5, 0.6) is 0 Å². The quantitative estimate of drug-likeness (QED) is 0.832. The molecule has 0 bridgehead atoms. The summed E-state index contributed by atoms with van der Waals surface area (Å²) < 4.78 is 24.7. The lowest BCUT2D eigenvalue weighted by atomic mass is 10.0. The number of carbonyl (C=O) groups excluding carboxylic acids is 1. The van der Waals surface area contributed by atoms with Gasteiger partial charge in [-0.2, -0.15) is 5.10 Å². The van der Waals surface area contributed by atoms with Crippen molar-refractivity contribution >= 4 is 15.7 Å². The molecule has 1 atom stereocenters. The summed E-state index contributed by atoms with van der Waals surface area (Å²) in [5.74, 6) is 0.510. The Kier molecular flexibility index (Phi) is 4.22. The third-order valence-corrected chi connectivity index (χ3v) is 6.39. The van der Waals surface area contributed by atoms with Crippen molar-refractivity contribution in [2.24, 2.45) is 7.05 Å². The van der Waals surface area contributed by atoms with Gasteiger partial charge in [-0.3, -0.25) is 14.4 Å². The number of aryl methyl sites for hydroxylation is 1. The second-order valence-electron chi connectivity index (χ2n) is 6.18. The maximum absolute atomic E-state index is 12.2. The van der Waals surface area contributed by atoms with Crippen molar-refractivity contribution in [1.29, 1.82) is 0 Å². The van der Waals surface area contributed by atoms with E-state index in [1.165, 1.54) is 0 Å². The zero-order valence-electron chi connectivity index (χ0n) is 12.7. The van der Waals surface area contributed by atoms with Crippen molar-refractivity contribution in [3.05, 3.63) is 18.0 Å². The Labute approximate surface area is 130 Å². The van der Waals surface area contributed by atoms with Gasteiger partial charge in [-0.05, 0) is 25.3 Å². The monoisotopic (exact) mass is 326 g/mol. The minimum Gasteiger partial charge on any atom is -0.348 e. The van der Waals surface area contributed by atoms with Crippen LogP contribution in [0.25, 0.3) is 0 Å². The number of sulfone groups is 1. The molecule has 1 aromatic heterocycles. The molecule has 3 heterocycles. The van der Waals surface area contributed by atoms with E-state index in [9.17, 15) is 13.2 Å². The highest BCUT2D eigenvalue weighted by Gasteiger charge is 2.34. The molecule has 2 fully saturated rings. The van der Waals surface area contributed by atoms with E-state index in [0.717, 1.165) is 32.4 Å². The van der Waals surface area contributed by atoms with Crippen LogP contribution in [0, 0.1) is 0 Å². The van der Waals surface area contributed by atoms with Crippen molar-refractivity contribution in [2.75, 3.05) is 24.6 Å². The first kappa shape index (κ1) is 15.5. The molecule has 7 nitrogen and oxygen atoms in total. The molecule has 0 spiro atoms. The molecule has 0 unspecified atom stereocenters. The number of amides is 1.